The lowest BCUT2D eigenvalue weighted by Gasteiger charge is -2.11. The Balaban J connectivity index is 0.000000638. The van der Waals surface area contributed by atoms with Crippen LogP contribution in [0, 0.1) is 0 Å². The largest absolute Gasteiger partial charge is 0.490 e. The van der Waals surface area contributed by atoms with E-state index in [1.807, 2.05) is 6.07 Å². The van der Waals surface area contributed by atoms with Gasteiger partial charge in [0.25, 0.3) is 5.91 Å². The number of carboxylic acid groups (broad SMARTS) is 1. The first-order valence-corrected chi connectivity index (χ1v) is 10.8. The summed E-state index contributed by atoms with van der Waals surface area (Å²) in [6.07, 6.45) is -7.11. The van der Waals surface area contributed by atoms with Gasteiger partial charge in [0.2, 0.25) is 5.91 Å². The lowest BCUT2D eigenvalue weighted by Crippen LogP contribution is -2.21. The van der Waals surface area contributed by atoms with Crippen LogP contribution in [-0.4, -0.2) is 39.3 Å². The molecule has 3 rings (SSSR count). The average molecular weight is 565 g/mol. The van der Waals surface area contributed by atoms with Crippen molar-refractivity contribution in [3.63, 3.8) is 0 Å². The van der Waals surface area contributed by atoms with Gasteiger partial charge in [-0.05, 0) is 48.2 Å². The maximum Gasteiger partial charge on any atom is 0.490 e. The second-order valence-corrected chi connectivity index (χ2v) is 8.07. The summed E-state index contributed by atoms with van der Waals surface area (Å²) in [4.78, 5) is 32.6. The van der Waals surface area contributed by atoms with Crippen LogP contribution in [0.15, 0.2) is 48.7 Å². The normalized spacial score (nSPS) is 11.3. The van der Waals surface area contributed by atoms with Gasteiger partial charge in [-0.2, -0.15) is 31.4 Å². The highest BCUT2D eigenvalue weighted by molar-refractivity contribution is 6.31. The molecule has 0 saturated heterocycles. The monoisotopic (exact) mass is 564 g/mol. The molecule has 8 nitrogen and oxygen atoms in total. The molecule has 1 heterocycles. The Kier molecular flexibility index (Phi) is 9.88. The Morgan fingerprint density at radius 3 is 2.21 bits per heavy atom. The summed E-state index contributed by atoms with van der Waals surface area (Å²) in [5, 5.41) is 16.1. The molecular formula is C23H19ClF6N4O4. The molecule has 38 heavy (non-hydrogen) atoms. The third kappa shape index (κ3) is 9.10. The van der Waals surface area contributed by atoms with E-state index < -0.39 is 35.7 Å². The molecule has 0 unspecified atom stereocenters. The summed E-state index contributed by atoms with van der Waals surface area (Å²) in [5.41, 5.74) is 7.11. The van der Waals surface area contributed by atoms with Gasteiger partial charge in [-0.1, -0.05) is 29.8 Å². The first kappa shape index (κ1) is 30.2. The second-order valence-electron chi connectivity index (χ2n) is 7.67. The molecule has 0 spiro atoms. The second kappa shape index (κ2) is 12.4. The number of aryl methyl sites for hydroxylation is 2. The fourth-order valence-corrected chi connectivity index (χ4v) is 3.29. The number of primary amides is 1. The number of carbonyl (C=O) groups is 3. The predicted molar refractivity (Wildman–Crippen MR) is 123 cm³/mol. The van der Waals surface area contributed by atoms with Crippen molar-refractivity contribution in [1.29, 1.82) is 0 Å². The highest BCUT2D eigenvalue weighted by atomic mass is 35.5. The molecule has 2 aromatic carbocycles. The zero-order valence-corrected chi connectivity index (χ0v) is 19.8. The lowest BCUT2D eigenvalue weighted by atomic mass is 10.0. The lowest BCUT2D eigenvalue weighted by molar-refractivity contribution is -0.192. The number of amides is 2. The van der Waals surface area contributed by atoms with E-state index in [0.717, 1.165) is 17.7 Å². The number of benzene rings is 2. The number of aromatic nitrogens is 2. The molecule has 5 N–H and O–H groups in total. The van der Waals surface area contributed by atoms with Gasteiger partial charge in [0, 0.05) is 16.3 Å². The molecule has 0 bridgehead atoms. The van der Waals surface area contributed by atoms with Gasteiger partial charge in [0.05, 0.1) is 18.2 Å². The van der Waals surface area contributed by atoms with Crippen LogP contribution in [0.25, 0.3) is 0 Å². The highest BCUT2D eigenvalue weighted by Crippen LogP contribution is 2.32. The van der Waals surface area contributed by atoms with Crippen LogP contribution in [0.4, 0.5) is 32.0 Å². The number of nitrogens with one attached hydrogen (secondary N) is 2. The van der Waals surface area contributed by atoms with Gasteiger partial charge in [-0.25, -0.2) is 4.79 Å². The standard InChI is InChI=1S/C21H18ClF3N4O2.C2HF3O2/c22-17-10-15(21(23,24)25)7-6-13(17)9-18(30)28-16-3-1-2-12(8-16)4-5-14-11-27-29-19(14)20(26)31;3-2(4,5)1(6)7/h1-3,6-8,10-11H,4-5,9H2,(H2,26,31)(H,27,29)(H,28,30);(H,6,7). The SMILES string of the molecule is NC(=O)c1[nH]ncc1CCc1cccc(NC(=O)Cc2ccc(C(F)(F)F)cc2Cl)c1.O=C(O)C(F)(F)F. The first-order valence-electron chi connectivity index (χ1n) is 10.4. The number of hydrogen-bond acceptors (Lipinski definition) is 4. The molecule has 2 amide bonds. The molecule has 0 radical (unpaired) electrons. The van der Waals surface area contributed by atoms with Crippen molar-refractivity contribution in [1.82, 2.24) is 10.2 Å². The number of anilines is 1. The number of halogens is 7. The molecular weight excluding hydrogens is 546 g/mol. The van der Waals surface area contributed by atoms with Gasteiger partial charge in [0.15, 0.2) is 0 Å². The minimum Gasteiger partial charge on any atom is -0.475 e. The molecule has 0 aliphatic rings. The van der Waals surface area contributed by atoms with Crippen LogP contribution in [0.5, 0.6) is 0 Å². The van der Waals surface area contributed by atoms with Gasteiger partial charge in [-0.15, -0.1) is 0 Å². The summed E-state index contributed by atoms with van der Waals surface area (Å²) >= 11 is 5.91. The molecule has 0 fully saturated rings. The van der Waals surface area contributed by atoms with E-state index in [1.54, 1.807) is 24.4 Å². The zero-order valence-electron chi connectivity index (χ0n) is 19.1. The smallest absolute Gasteiger partial charge is 0.475 e. The quantitative estimate of drug-likeness (QED) is 0.306. The summed E-state index contributed by atoms with van der Waals surface area (Å²) in [7, 11) is 0. The maximum atomic E-state index is 12.7. The fourth-order valence-electron chi connectivity index (χ4n) is 3.04. The summed E-state index contributed by atoms with van der Waals surface area (Å²) in [6, 6.07) is 10.0. The van der Waals surface area contributed by atoms with Crippen molar-refractivity contribution < 1.29 is 45.8 Å². The van der Waals surface area contributed by atoms with Crippen molar-refractivity contribution in [2.24, 2.45) is 5.73 Å². The van der Waals surface area contributed by atoms with Crippen LogP contribution >= 0.6 is 11.6 Å². The molecule has 3 aromatic rings. The molecule has 0 aliphatic carbocycles. The number of aliphatic carboxylic acids is 1. The predicted octanol–water partition coefficient (Wildman–Crippen LogP) is 4.78. The summed E-state index contributed by atoms with van der Waals surface area (Å²) in [5.74, 6) is -3.76. The van der Waals surface area contributed by atoms with Gasteiger partial charge < -0.3 is 16.2 Å². The number of aromatic amines is 1. The third-order valence-electron chi connectivity index (χ3n) is 4.83. The fraction of sp³-hybridized carbons (Fsp3) is 0.217. The molecule has 1 aromatic heterocycles. The van der Waals surface area contributed by atoms with Crippen molar-refractivity contribution in [2.75, 3.05) is 5.32 Å². The number of carboxylic acids is 1. The molecule has 15 heteroatoms. The van der Waals surface area contributed by atoms with Gasteiger partial charge in [0.1, 0.15) is 5.69 Å². The Hall–Kier alpha value is -4.07. The number of carbonyl (C=O) groups excluding carboxylic acids is 2. The van der Waals surface area contributed by atoms with Gasteiger partial charge >= 0.3 is 18.3 Å². The molecule has 0 atom stereocenters. The summed E-state index contributed by atoms with van der Waals surface area (Å²) in [6.45, 7) is 0. The number of H-pyrrole nitrogens is 1. The molecule has 204 valence electrons. The highest BCUT2D eigenvalue weighted by Gasteiger charge is 2.38. The minimum absolute atomic E-state index is 0.121. The number of rotatable bonds is 7. The van der Waals surface area contributed by atoms with Crippen LogP contribution in [0.2, 0.25) is 5.02 Å². The van der Waals surface area contributed by atoms with E-state index in [4.69, 9.17) is 27.2 Å². The van der Waals surface area contributed by atoms with Crippen molar-refractivity contribution >= 4 is 35.1 Å². The average Bonchev–Trinajstić information content (AvgIpc) is 3.27. The zero-order chi connectivity index (χ0) is 28.7. The topological polar surface area (TPSA) is 138 Å². The number of hydrogen-bond donors (Lipinski definition) is 4. The Bertz CT molecular complexity index is 1310. The molecule has 0 saturated carbocycles. The van der Waals surface area contributed by atoms with Gasteiger partial charge in [-0.3, -0.25) is 14.7 Å². The third-order valence-corrected chi connectivity index (χ3v) is 5.18. The Labute approximate surface area is 215 Å². The van der Waals surface area contributed by atoms with E-state index in [1.165, 1.54) is 6.07 Å². The number of alkyl halides is 6. The van der Waals surface area contributed by atoms with Crippen molar-refractivity contribution in [3.05, 3.63) is 81.6 Å². The Morgan fingerprint density at radius 1 is 1.00 bits per heavy atom. The summed E-state index contributed by atoms with van der Waals surface area (Å²) < 4.78 is 69.9. The van der Waals surface area contributed by atoms with E-state index in [-0.39, 0.29) is 17.1 Å². The van der Waals surface area contributed by atoms with E-state index in [2.05, 4.69) is 15.5 Å². The van der Waals surface area contributed by atoms with E-state index in [0.29, 0.717) is 29.7 Å². The van der Waals surface area contributed by atoms with Crippen LogP contribution < -0.4 is 11.1 Å². The Morgan fingerprint density at radius 2 is 1.66 bits per heavy atom. The van der Waals surface area contributed by atoms with Crippen LogP contribution in [0.1, 0.15) is 32.7 Å². The van der Waals surface area contributed by atoms with E-state index >= 15 is 0 Å². The number of nitrogens with zero attached hydrogens (tertiary/aromatic N) is 1. The first-order chi connectivity index (χ1) is 17.6. The van der Waals surface area contributed by atoms with Crippen molar-refractivity contribution in [3.8, 4) is 0 Å². The number of nitrogens with two attached hydrogens (primary N) is 1. The maximum absolute atomic E-state index is 12.7. The van der Waals surface area contributed by atoms with E-state index in [9.17, 15) is 35.9 Å². The minimum atomic E-state index is -5.08. The van der Waals surface area contributed by atoms with Crippen LogP contribution in [0.3, 0.4) is 0 Å². The van der Waals surface area contributed by atoms with Crippen molar-refractivity contribution in [2.45, 2.75) is 31.6 Å². The molecule has 0 aliphatic heterocycles. The van der Waals surface area contributed by atoms with Crippen LogP contribution in [-0.2, 0) is 35.0 Å².